The van der Waals surface area contributed by atoms with Crippen molar-refractivity contribution in [3.8, 4) is 0 Å². The van der Waals surface area contributed by atoms with Crippen molar-refractivity contribution in [3.63, 3.8) is 0 Å². The largest absolute Gasteiger partial charge is 0.416 e. The lowest BCUT2D eigenvalue weighted by Gasteiger charge is -2.69. The van der Waals surface area contributed by atoms with Crippen LogP contribution in [-0.2, 0) is 12.7 Å². The monoisotopic (exact) mass is 352 g/mol. The number of hydrogen-bond acceptors (Lipinski definition) is 1. The molecule has 2 amide bonds. The summed E-state index contributed by atoms with van der Waals surface area (Å²) in [5.74, 6) is -1.06. The Labute approximate surface area is 133 Å². The molecule has 0 aliphatic heterocycles. The third kappa shape index (κ3) is 2.91. The van der Waals surface area contributed by atoms with Crippen LogP contribution in [0.15, 0.2) is 18.2 Å². The van der Waals surface area contributed by atoms with Crippen molar-refractivity contribution in [1.29, 1.82) is 0 Å². The summed E-state index contributed by atoms with van der Waals surface area (Å²) in [6.07, 6.45) is -6.51. The highest BCUT2D eigenvalue weighted by molar-refractivity contribution is 5.75. The smallest absolute Gasteiger partial charge is 0.334 e. The van der Waals surface area contributed by atoms with Gasteiger partial charge in [0.15, 0.2) is 0 Å². The molecule has 4 rings (SSSR count). The van der Waals surface area contributed by atoms with Crippen LogP contribution in [0.1, 0.15) is 30.4 Å². The molecular formula is C15H14F6N2O. The maximum Gasteiger partial charge on any atom is 0.416 e. The quantitative estimate of drug-likeness (QED) is 0.795. The van der Waals surface area contributed by atoms with Gasteiger partial charge in [-0.15, -0.1) is 0 Å². The zero-order valence-electron chi connectivity index (χ0n) is 12.3. The normalized spacial score (nSPS) is 28.1. The number of carbonyl (C=O) groups is 1. The molecule has 24 heavy (non-hydrogen) atoms. The van der Waals surface area contributed by atoms with Crippen LogP contribution in [0.2, 0.25) is 0 Å². The van der Waals surface area contributed by atoms with Crippen LogP contribution in [0.4, 0.5) is 31.1 Å². The maximum atomic E-state index is 13.2. The van der Waals surface area contributed by atoms with Crippen LogP contribution < -0.4 is 10.6 Å². The van der Waals surface area contributed by atoms with Gasteiger partial charge in [0.05, 0.1) is 5.56 Å². The van der Waals surface area contributed by atoms with Gasteiger partial charge >= 0.3 is 12.2 Å². The summed E-state index contributed by atoms with van der Waals surface area (Å²) in [4.78, 5) is 11.8. The van der Waals surface area contributed by atoms with Crippen molar-refractivity contribution < 1.29 is 31.1 Å². The van der Waals surface area contributed by atoms with Gasteiger partial charge in [-0.25, -0.2) is 18.0 Å². The summed E-state index contributed by atoms with van der Waals surface area (Å²) in [6, 6.07) is 1.34. The Morgan fingerprint density at radius 1 is 1.17 bits per heavy atom. The van der Waals surface area contributed by atoms with Gasteiger partial charge in [0.2, 0.25) is 6.43 Å². The summed E-state index contributed by atoms with van der Waals surface area (Å²) < 4.78 is 76.4. The lowest BCUT2D eigenvalue weighted by molar-refractivity contribution is -0.223. The molecule has 3 fully saturated rings. The molecule has 3 aliphatic carbocycles. The summed E-state index contributed by atoms with van der Waals surface area (Å²) in [7, 11) is 0. The van der Waals surface area contributed by atoms with Gasteiger partial charge in [-0.05, 0) is 43.0 Å². The molecule has 2 bridgehead atoms. The maximum absolute atomic E-state index is 13.2. The lowest BCUT2D eigenvalue weighted by atomic mass is 9.39. The van der Waals surface area contributed by atoms with Crippen molar-refractivity contribution in [2.24, 2.45) is 5.41 Å². The van der Waals surface area contributed by atoms with Crippen LogP contribution in [0, 0.1) is 11.2 Å². The third-order valence-electron chi connectivity index (χ3n) is 4.65. The van der Waals surface area contributed by atoms with Gasteiger partial charge in [0, 0.05) is 17.5 Å². The van der Waals surface area contributed by atoms with Gasteiger partial charge in [-0.2, -0.15) is 13.2 Å². The zero-order chi connectivity index (χ0) is 17.8. The predicted octanol–water partition coefficient (Wildman–Crippen LogP) is 3.83. The fraction of sp³-hybridized carbons (Fsp3) is 0.533. The average Bonchev–Trinajstić information content (AvgIpc) is 2.36. The Bertz CT molecular complexity index is 653. The van der Waals surface area contributed by atoms with E-state index >= 15 is 0 Å². The molecule has 132 valence electrons. The lowest BCUT2D eigenvalue weighted by Crippen LogP contribution is -2.77. The van der Waals surface area contributed by atoms with Crippen molar-refractivity contribution in [3.05, 3.63) is 35.1 Å². The molecule has 0 heterocycles. The molecule has 2 N–H and O–H groups in total. The van der Waals surface area contributed by atoms with E-state index in [2.05, 4.69) is 10.6 Å². The standard InChI is InChI=1S/C15H14F6N2O/c16-10-2-8(1-9(3-10)15(19,20)21)4-22-12(24)23-14-5-13(6-14,7-14)11(17)18/h1-3,11H,4-7H2,(H2,22,23,24). The fourth-order valence-corrected chi connectivity index (χ4v) is 3.61. The van der Waals surface area contributed by atoms with Crippen molar-refractivity contribution in [1.82, 2.24) is 10.6 Å². The number of urea groups is 1. The van der Waals surface area contributed by atoms with Crippen molar-refractivity contribution in [2.75, 3.05) is 0 Å². The number of nitrogens with one attached hydrogen (secondary N) is 2. The second kappa shape index (κ2) is 5.29. The van der Waals surface area contributed by atoms with Gasteiger partial charge in [0.25, 0.3) is 0 Å². The van der Waals surface area contributed by atoms with E-state index in [0.717, 1.165) is 12.1 Å². The summed E-state index contributed by atoms with van der Waals surface area (Å²) in [5.41, 5.74) is -2.81. The first-order valence-corrected chi connectivity index (χ1v) is 7.25. The first kappa shape index (κ1) is 16.9. The van der Waals surface area contributed by atoms with Crippen LogP contribution in [0.5, 0.6) is 0 Å². The Kier molecular flexibility index (Phi) is 3.72. The minimum absolute atomic E-state index is 0.0425. The van der Waals surface area contributed by atoms with E-state index in [4.69, 9.17) is 0 Å². The van der Waals surface area contributed by atoms with E-state index in [0.29, 0.717) is 6.07 Å². The number of benzene rings is 1. The van der Waals surface area contributed by atoms with E-state index in [1.165, 1.54) is 0 Å². The Balaban J connectivity index is 1.54. The number of rotatable bonds is 4. The molecule has 1 aromatic rings. The SMILES string of the molecule is O=C(NCc1cc(F)cc(C(F)(F)F)c1)NC12CC(C(F)F)(C1)C2. The molecule has 3 saturated carbocycles. The van der Waals surface area contributed by atoms with Gasteiger partial charge in [0.1, 0.15) is 5.82 Å². The molecule has 0 radical (unpaired) electrons. The zero-order valence-corrected chi connectivity index (χ0v) is 12.3. The fourth-order valence-electron chi connectivity index (χ4n) is 3.61. The minimum atomic E-state index is -4.69. The summed E-state index contributed by atoms with van der Waals surface area (Å²) >= 11 is 0. The number of amides is 2. The molecule has 1 aromatic carbocycles. The number of carbonyl (C=O) groups excluding carboxylic acids is 1. The molecule has 0 aromatic heterocycles. The molecule has 3 nitrogen and oxygen atoms in total. The summed E-state index contributed by atoms with van der Waals surface area (Å²) in [5, 5.41) is 4.89. The molecule has 3 aliphatic rings. The van der Waals surface area contributed by atoms with Gasteiger partial charge in [-0.3, -0.25) is 0 Å². The van der Waals surface area contributed by atoms with Crippen molar-refractivity contribution in [2.45, 2.75) is 43.9 Å². The van der Waals surface area contributed by atoms with E-state index in [1.54, 1.807) is 0 Å². The first-order valence-electron chi connectivity index (χ1n) is 7.25. The van der Waals surface area contributed by atoms with Gasteiger partial charge in [-0.1, -0.05) is 0 Å². The van der Waals surface area contributed by atoms with Crippen LogP contribution in [0.3, 0.4) is 0 Å². The predicted molar refractivity (Wildman–Crippen MR) is 71.8 cm³/mol. The highest BCUT2D eigenvalue weighted by Crippen LogP contribution is 2.69. The number of halogens is 6. The Morgan fingerprint density at radius 2 is 1.79 bits per heavy atom. The third-order valence-corrected chi connectivity index (χ3v) is 4.65. The second-order valence-electron chi connectivity index (χ2n) is 6.63. The van der Waals surface area contributed by atoms with Gasteiger partial charge < -0.3 is 10.6 Å². The van der Waals surface area contributed by atoms with E-state index in [-0.39, 0.29) is 31.4 Å². The molecule has 0 unspecified atom stereocenters. The van der Waals surface area contributed by atoms with E-state index in [1.807, 2.05) is 0 Å². The Hall–Kier alpha value is -1.93. The average molecular weight is 352 g/mol. The van der Waals surface area contributed by atoms with Crippen LogP contribution in [-0.4, -0.2) is 18.0 Å². The molecule has 9 heteroatoms. The number of hydrogen-bond donors (Lipinski definition) is 2. The molecular weight excluding hydrogens is 338 g/mol. The van der Waals surface area contributed by atoms with E-state index < -0.39 is 41.0 Å². The van der Waals surface area contributed by atoms with Crippen molar-refractivity contribution >= 4 is 6.03 Å². The Morgan fingerprint density at radius 3 is 2.33 bits per heavy atom. The van der Waals surface area contributed by atoms with Crippen LogP contribution in [0.25, 0.3) is 0 Å². The topological polar surface area (TPSA) is 41.1 Å². The molecule has 0 spiro atoms. The minimum Gasteiger partial charge on any atom is -0.334 e. The molecule has 0 saturated heterocycles. The summed E-state index contributed by atoms with van der Waals surface area (Å²) in [6.45, 7) is -0.303. The van der Waals surface area contributed by atoms with E-state index in [9.17, 15) is 31.1 Å². The number of alkyl halides is 5. The first-order chi connectivity index (χ1) is 11.0. The highest BCUT2D eigenvalue weighted by Gasteiger charge is 2.72. The second-order valence-corrected chi connectivity index (χ2v) is 6.63. The molecule has 0 atom stereocenters. The van der Waals surface area contributed by atoms with Crippen LogP contribution >= 0.6 is 0 Å². The highest BCUT2D eigenvalue weighted by atomic mass is 19.4.